The molecule has 0 unspecified atom stereocenters. The van der Waals surface area contributed by atoms with Gasteiger partial charge in [0.2, 0.25) is 17.6 Å². The van der Waals surface area contributed by atoms with Gasteiger partial charge in [0, 0.05) is 36.7 Å². The fraction of sp³-hybridized carbons (Fsp3) is 0.190. The Bertz CT molecular complexity index is 1040. The molecule has 27 heavy (non-hydrogen) atoms. The lowest BCUT2D eigenvalue weighted by Crippen LogP contribution is -2.25. The van der Waals surface area contributed by atoms with Crippen LogP contribution in [0.5, 0.6) is 0 Å². The minimum Gasteiger partial charge on any atom is -0.361 e. The molecule has 0 saturated carbocycles. The van der Waals surface area contributed by atoms with Crippen LogP contribution in [-0.2, 0) is 17.6 Å². The van der Waals surface area contributed by atoms with Crippen molar-refractivity contribution in [2.75, 3.05) is 6.54 Å². The minimum atomic E-state index is -0.0153. The molecule has 4 aromatic rings. The number of aryl methyl sites for hydroxylation is 1. The van der Waals surface area contributed by atoms with Crippen LogP contribution in [0.15, 0.2) is 65.3 Å². The highest BCUT2D eigenvalue weighted by Crippen LogP contribution is 2.21. The van der Waals surface area contributed by atoms with Gasteiger partial charge in [-0.1, -0.05) is 47.6 Å². The Morgan fingerprint density at radius 1 is 1.07 bits per heavy atom. The average molecular weight is 360 g/mol. The highest BCUT2D eigenvalue weighted by molar-refractivity contribution is 5.83. The maximum absolute atomic E-state index is 12.0. The van der Waals surface area contributed by atoms with Crippen LogP contribution in [0.3, 0.4) is 0 Å². The fourth-order valence-corrected chi connectivity index (χ4v) is 2.96. The maximum atomic E-state index is 12.0. The van der Waals surface area contributed by atoms with Gasteiger partial charge >= 0.3 is 0 Å². The van der Waals surface area contributed by atoms with E-state index in [1.54, 1.807) is 0 Å². The molecule has 0 aliphatic heterocycles. The van der Waals surface area contributed by atoms with Crippen molar-refractivity contribution in [1.82, 2.24) is 20.4 Å². The van der Waals surface area contributed by atoms with E-state index in [2.05, 4.69) is 32.6 Å². The van der Waals surface area contributed by atoms with Crippen LogP contribution in [-0.4, -0.2) is 27.6 Å². The lowest BCUT2D eigenvalue weighted by Gasteiger charge is -2.04. The van der Waals surface area contributed by atoms with Gasteiger partial charge in [0.25, 0.3) is 0 Å². The second-order valence-electron chi connectivity index (χ2n) is 6.38. The minimum absolute atomic E-state index is 0.0153. The summed E-state index contributed by atoms with van der Waals surface area (Å²) in [6.45, 7) is 0.619. The number of carbonyl (C=O) groups excluding carboxylic acids is 1. The van der Waals surface area contributed by atoms with Crippen LogP contribution in [0.25, 0.3) is 22.3 Å². The van der Waals surface area contributed by atoms with Crippen molar-refractivity contribution < 1.29 is 9.32 Å². The fourth-order valence-electron chi connectivity index (χ4n) is 2.96. The number of carbonyl (C=O) groups is 1. The zero-order valence-corrected chi connectivity index (χ0v) is 14.8. The van der Waals surface area contributed by atoms with Gasteiger partial charge in [0.1, 0.15) is 0 Å². The SMILES string of the molecule is O=C(CCc1nc(-c2ccc3cc[nH]c3c2)no1)NCCc1ccccc1. The molecule has 0 aliphatic carbocycles. The first-order valence-electron chi connectivity index (χ1n) is 8.99. The van der Waals surface area contributed by atoms with Gasteiger partial charge < -0.3 is 14.8 Å². The molecular weight excluding hydrogens is 340 g/mol. The van der Waals surface area contributed by atoms with Crippen LogP contribution < -0.4 is 5.32 Å². The zero-order valence-electron chi connectivity index (χ0n) is 14.8. The van der Waals surface area contributed by atoms with E-state index >= 15 is 0 Å². The first-order chi connectivity index (χ1) is 13.3. The largest absolute Gasteiger partial charge is 0.361 e. The van der Waals surface area contributed by atoms with Gasteiger partial charge in [0.15, 0.2) is 0 Å². The number of H-pyrrole nitrogens is 1. The van der Waals surface area contributed by atoms with E-state index in [1.165, 1.54) is 5.56 Å². The normalized spacial score (nSPS) is 11.0. The summed E-state index contributed by atoms with van der Waals surface area (Å²) in [7, 11) is 0. The number of hydrogen-bond acceptors (Lipinski definition) is 4. The van der Waals surface area contributed by atoms with E-state index in [0.29, 0.717) is 31.1 Å². The first-order valence-corrected chi connectivity index (χ1v) is 8.99. The average Bonchev–Trinajstić information content (AvgIpc) is 3.36. The molecule has 0 radical (unpaired) electrons. The molecule has 0 fully saturated rings. The highest BCUT2D eigenvalue weighted by Gasteiger charge is 2.11. The van der Waals surface area contributed by atoms with Gasteiger partial charge in [-0.25, -0.2) is 0 Å². The molecule has 0 bridgehead atoms. The van der Waals surface area contributed by atoms with E-state index in [4.69, 9.17) is 4.52 Å². The number of fused-ring (bicyclic) bond motifs is 1. The quantitative estimate of drug-likeness (QED) is 0.528. The standard InChI is InChI=1S/C21H20N4O2/c26-19(23-12-10-15-4-2-1-3-5-15)8-9-20-24-21(25-27-20)17-7-6-16-11-13-22-18(16)14-17/h1-7,11,13-14,22H,8-10,12H2,(H,23,26). The van der Waals surface area contributed by atoms with Crippen molar-refractivity contribution in [3.63, 3.8) is 0 Å². The van der Waals surface area contributed by atoms with Crippen LogP contribution in [0, 0.1) is 0 Å². The smallest absolute Gasteiger partial charge is 0.227 e. The molecule has 4 rings (SSSR count). The number of rotatable bonds is 7. The summed E-state index contributed by atoms with van der Waals surface area (Å²) in [6.07, 6.45) is 3.46. The van der Waals surface area contributed by atoms with Crippen molar-refractivity contribution in [3.05, 3.63) is 72.2 Å². The Hall–Kier alpha value is -3.41. The molecule has 6 heteroatoms. The van der Waals surface area contributed by atoms with Crippen LogP contribution >= 0.6 is 0 Å². The number of benzene rings is 2. The molecule has 2 aromatic heterocycles. The number of nitrogens with zero attached hydrogens (tertiary/aromatic N) is 2. The Labute approximate surface area is 156 Å². The van der Waals surface area contributed by atoms with Gasteiger partial charge in [-0.05, 0) is 29.5 Å². The second kappa shape index (κ2) is 7.86. The zero-order chi connectivity index (χ0) is 18.5. The molecular formula is C21H20N4O2. The number of aromatic nitrogens is 3. The summed E-state index contributed by atoms with van der Waals surface area (Å²) < 4.78 is 5.29. The third-order valence-electron chi connectivity index (χ3n) is 4.43. The van der Waals surface area contributed by atoms with Gasteiger partial charge in [-0.3, -0.25) is 4.79 Å². The number of nitrogens with one attached hydrogen (secondary N) is 2. The van der Waals surface area contributed by atoms with Crippen molar-refractivity contribution in [2.45, 2.75) is 19.3 Å². The summed E-state index contributed by atoms with van der Waals surface area (Å²) in [5, 5.41) is 8.08. The van der Waals surface area contributed by atoms with E-state index in [-0.39, 0.29) is 5.91 Å². The molecule has 136 valence electrons. The molecule has 2 aromatic carbocycles. The van der Waals surface area contributed by atoms with E-state index in [0.717, 1.165) is 22.9 Å². The summed E-state index contributed by atoms with van der Waals surface area (Å²) in [4.78, 5) is 19.6. The van der Waals surface area contributed by atoms with E-state index in [1.807, 2.05) is 48.7 Å². The maximum Gasteiger partial charge on any atom is 0.227 e. The third kappa shape index (κ3) is 4.23. The molecule has 0 atom stereocenters. The molecule has 0 aliphatic rings. The Morgan fingerprint density at radius 3 is 2.85 bits per heavy atom. The lowest BCUT2D eigenvalue weighted by molar-refractivity contribution is -0.121. The Kier molecular flexibility index (Phi) is 4.96. The van der Waals surface area contributed by atoms with Crippen LogP contribution in [0.1, 0.15) is 17.9 Å². The number of hydrogen-bond donors (Lipinski definition) is 2. The summed E-state index contributed by atoms with van der Waals surface area (Å²) in [5.41, 5.74) is 3.11. The van der Waals surface area contributed by atoms with Gasteiger partial charge in [0.05, 0.1) is 0 Å². The summed E-state index contributed by atoms with van der Waals surface area (Å²) >= 11 is 0. The van der Waals surface area contributed by atoms with Gasteiger partial charge in [-0.15, -0.1) is 0 Å². The van der Waals surface area contributed by atoms with Crippen molar-refractivity contribution in [1.29, 1.82) is 0 Å². The molecule has 0 spiro atoms. The first kappa shape index (κ1) is 17.0. The molecule has 2 heterocycles. The lowest BCUT2D eigenvalue weighted by atomic mass is 10.1. The molecule has 0 saturated heterocycles. The topological polar surface area (TPSA) is 83.8 Å². The van der Waals surface area contributed by atoms with Crippen molar-refractivity contribution >= 4 is 16.8 Å². The van der Waals surface area contributed by atoms with Crippen molar-refractivity contribution in [3.8, 4) is 11.4 Å². The third-order valence-corrected chi connectivity index (χ3v) is 4.43. The highest BCUT2D eigenvalue weighted by atomic mass is 16.5. The second-order valence-corrected chi connectivity index (χ2v) is 6.38. The molecule has 6 nitrogen and oxygen atoms in total. The monoisotopic (exact) mass is 360 g/mol. The predicted molar refractivity (Wildman–Crippen MR) is 103 cm³/mol. The van der Waals surface area contributed by atoms with E-state index < -0.39 is 0 Å². The Balaban J connectivity index is 1.28. The molecule has 2 N–H and O–H groups in total. The van der Waals surface area contributed by atoms with Crippen molar-refractivity contribution in [2.24, 2.45) is 0 Å². The summed E-state index contributed by atoms with van der Waals surface area (Å²) in [6, 6.07) is 18.1. The van der Waals surface area contributed by atoms with Crippen LogP contribution in [0.4, 0.5) is 0 Å². The molecule has 1 amide bonds. The Morgan fingerprint density at radius 2 is 1.96 bits per heavy atom. The van der Waals surface area contributed by atoms with E-state index in [9.17, 15) is 4.79 Å². The van der Waals surface area contributed by atoms with Gasteiger partial charge in [-0.2, -0.15) is 4.98 Å². The predicted octanol–water partition coefficient (Wildman–Crippen LogP) is 3.51. The van der Waals surface area contributed by atoms with Crippen LogP contribution in [0.2, 0.25) is 0 Å². The number of aromatic amines is 1. The number of amides is 1. The summed E-state index contributed by atoms with van der Waals surface area (Å²) in [5.74, 6) is 0.985.